The first-order valence-electron chi connectivity index (χ1n) is 9.37. The van der Waals surface area contributed by atoms with Crippen LogP contribution in [-0.2, 0) is 28.8 Å². The fraction of sp³-hybridized carbons (Fsp3) is 0.647. The van der Waals surface area contributed by atoms with E-state index in [9.17, 15) is 28.8 Å². The van der Waals surface area contributed by atoms with Gasteiger partial charge in [0.25, 0.3) is 0 Å². The monoisotopic (exact) mass is 462 g/mol. The maximum absolute atomic E-state index is 12.7. The van der Waals surface area contributed by atoms with E-state index in [2.05, 4.69) is 28.6 Å². The number of hydrogen-bond acceptors (Lipinski definition) is 8. The summed E-state index contributed by atoms with van der Waals surface area (Å²) < 4.78 is 0. The lowest BCUT2D eigenvalue weighted by molar-refractivity contribution is -0.142. The van der Waals surface area contributed by atoms with Gasteiger partial charge in [-0.05, 0) is 12.3 Å². The van der Waals surface area contributed by atoms with Crippen molar-refractivity contribution < 1.29 is 33.9 Å². The van der Waals surface area contributed by atoms with Gasteiger partial charge in [-0.2, -0.15) is 12.6 Å². The molecule has 0 saturated heterocycles. The first kappa shape index (κ1) is 28.1. The zero-order valence-corrected chi connectivity index (χ0v) is 18.2. The van der Waals surface area contributed by atoms with Crippen molar-refractivity contribution >= 4 is 48.1 Å². The number of carbonyl (C=O) groups is 6. The quantitative estimate of drug-likeness (QED) is 0.121. The summed E-state index contributed by atoms with van der Waals surface area (Å²) in [7, 11) is 0. The minimum absolute atomic E-state index is 0.172. The van der Waals surface area contributed by atoms with Crippen LogP contribution in [0.1, 0.15) is 33.1 Å². The van der Waals surface area contributed by atoms with E-state index in [4.69, 9.17) is 22.3 Å². The van der Waals surface area contributed by atoms with Crippen LogP contribution in [0.25, 0.3) is 0 Å². The van der Waals surface area contributed by atoms with E-state index in [0.717, 1.165) is 0 Å². The fourth-order valence-electron chi connectivity index (χ4n) is 2.38. The van der Waals surface area contributed by atoms with Gasteiger partial charge in [-0.25, -0.2) is 4.79 Å². The first-order valence-corrected chi connectivity index (χ1v) is 10.00. The van der Waals surface area contributed by atoms with E-state index in [-0.39, 0.29) is 18.6 Å². The minimum atomic E-state index is -1.32. The molecule has 0 rings (SSSR count). The Labute approximate surface area is 184 Å². The molecule has 31 heavy (non-hydrogen) atoms. The minimum Gasteiger partial charge on any atom is -0.480 e. The molecular formula is C17H30N6O7S. The van der Waals surface area contributed by atoms with Gasteiger partial charge in [0.05, 0.1) is 12.5 Å². The molecule has 0 radical (unpaired) electrons. The lowest BCUT2D eigenvalue weighted by atomic mass is 10.0. The predicted molar refractivity (Wildman–Crippen MR) is 112 cm³/mol. The SMILES string of the molecule is CC(C)C(NC(=O)C(CCC(N)=O)NC(=O)C(N)CC(N)=O)C(=O)NC(CS)C(=O)O. The van der Waals surface area contributed by atoms with Crippen LogP contribution in [0.15, 0.2) is 0 Å². The Kier molecular flexibility index (Phi) is 12.2. The molecule has 0 spiro atoms. The van der Waals surface area contributed by atoms with Gasteiger partial charge in [0.1, 0.15) is 18.1 Å². The normalized spacial score (nSPS) is 14.6. The molecule has 176 valence electrons. The fourth-order valence-corrected chi connectivity index (χ4v) is 2.63. The molecular weight excluding hydrogens is 432 g/mol. The number of amides is 5. The van der Waals surface area contributed by atoms with Gasteiger partial charge in [-0.3, -0.25) is 24.0 Å². The number of carboxylic acid groups (broad SMARTS) is 1. The van der Waals surface area contributed by atoms with E-state index in [1.807, 2.05) is 0 Å². The van der Waals surface area contributed by atoms with Crippen molar-refractivity contribution in [3.8, 4) is 0 Å². The highest BCUT2D eigenvalue weighted by Crippen LogP contribution is 2.06. The third-order valence-corrected chi connectivity index (χ3v) is 4.48. The first-order chi connectivity index (χ1) is 14.3. The average Bonchev–Trinajstić information content (AvgIpc) is 2.65. The van der Waals surface area contributed by atoms with Gasteiger partial charge < -0.3 is 38.3 Å². The zero-order chi connectivity index (χ0) is 24.3. The Hall–Kier alpha value is -2.87. The van der Waals surface area contributed by atoms with E-state index in [1.165, 1.54) is 0 Å². The van der Waals surface area contributed by atoms with Crippen molar-refractivity contribution in [3.05, 3.63) is 0 Å². The Morgan fingerprint density at radius 2 is 1.42 bits per heavy atom. The Morgan fingerprint density at radius 3 is 1.84 bits per heavy atom. The molecule has 0 bridgehead atoms. The highest BCUT2D eigenvalue weighted by atomic mass is 32.1. The zero-order valence-electron chi connectivity index (χ0n) is 17.3. The number of primary amides is 2. The molecule has 0 aromatic rings. The Bertz CT molecular complexity index is 702. The van der Waals surface area contributed by atoms with Gasteiger partial charge in [0.15, 0.2) is 0 Å². The number of hydrogen-bond donors (Lipinski definition) is 8. The van der Waals surface area contributed by atoms with Gasteiger partial charge in [0, 0.05) is 12.2 Å². The van der Waals surface area contributed by atoms with Crippen LogP contribution in [-0.4, -0.2) is 70.5 Å². The summed E-state index contributed by atoms with van der Waals surface area (Å²) in [5.74, 6) is -5.94. The molecule has 0 aromatic carbocycles. The van der Waals surface area contributed by atoms with E-state index >= 15 is 0 Å². The molecule has 0 aliphatic heterocycles. The molecule has 13 nitrogen and oxygen atoms in total. The van der Waals surface area contributed by atoms with Gasteiger partial charge in [-0.1, -0.05) is 13.8 Å². The average molecular weight is 463 g/mol. The van der Waals surface area contributed by atoms with Crippen molar-refractivity contribution in [3.63, 3.8) is 0 Å². The Morgan fingerprint density at radius 1 is 0.871 bits per heavy atom. The van der Waals surface area contributed by atoms with Gasteiger partial charge in [-0.15, -0.1) is 0 Å². The van der Waals surface area contributed by atoms with Crippen LogP contribution in [0.3, 0.4) is 0 Å². The number of nitrogens with two attached hydrogens (primary N) is 3. The highest BCUT2D eigenvalue weighted by Gasteiger charge is 2.31. The van der Waals surface area contributed by atoms with E-state index in [0.29, 0.717) is 0 Å². The van der Waals surface area contributed by atoms with Crippen LogP contribution < -0.4 is 33.2 Å². The third kappa shape index (κ3) is 10.6. The van der Waals surface area contributed by atoms with Crippen LogP contribution in [0.2, 0.25) is 0 Å². The number of nitrogens with one attached hydrogen (secondary N) is 3. The number of carbonyl (C=O) groups excluding carboxylic acids is 5. The molecule has 0 fully saturated rings. The summed E-state index contributed by atoms with van der Waals surface area (Å²) in [4.78, 5) is 70.5. The van der Waals surface area contributed by atoms with Gasteiger partial charge in [0.2, 0.25) is 29.5 Å². The molecule has 4 unspecified atom stereocenters. The van der Waals surface area contributed by atoms with Crippen molar-refractivity contribution in [1.82, 2.24) is 16.0 Å². The maximum Gasteiger partial charge on any atom is 0.327 e. The summed E-state index contributed by atoms with van der Waals surface area (Å²) in [6.07, 6.45) is -0.924. The van der Waals surface area contributed by atoms with Gasteiger partial charge >= 0.3 is 5.97 Å². The second kappa shape index (κ2) is 13.4. The van der Waals surface area contributed by atoms with Crippen molar-refractivity contribution in [2.45, 2.75) is 57.3 Å². The van der Waals surface area contributed by atoms with Crippen LogP contribution in [0, 0.1) is 5.92 Å². The van der Waals surface area contributed by atoms with E-state index < -0.39 is 72.0 Å². The van der Waals surface area contributed by atoms with Crippen molar-refractivity contribution in [2.24, 2.45) is 23.1 Å². The number of aliphatic carboxylic acids is 1. The van der Waals surface area contributed by atoms with Crippen LogP contribution >= 0.6 is 12.6 Å². The number of thiol groups is 1. The molecule has 5 amide bonds. The number of rotatable bonds is 14. The molecule has 0 saturated carbocycles. The molecule has 4 atom stereocenters. The second-order valence-corrected chi connectivity index (χ2v) is 7.52. The summed E-state index contributed by atoms with van der Waals surface area (Å²) in [5, 5.41) is 16.0. The lowest BCUT2D eigenvalue weighted by Crippen LogP contribution is -2.58. The maximum atomic E-state index is 12.7. The summed E-state index contributed by atoms with van der Waals surface area (Å²) in [5.41, 5.74) is 15.6. The topological polar surface area (TPSA) is 237 Å². The predicted octanol–water partition coefficient (Wildman–Crippen LogP) is -3.42. The summed E-state index contributed by atoms with van der Waals surface area (Å²) in [6, 6.07) is -5.04. The summed E-state index contributed by atoms with van der Waals surface area (Å²) in [6.45, 7) is 3.22. The van der Waals surface area contributed by atoms with Crippen molar-refractivity contribution in [2.75, 3.05) is 5.75 Å². The lowest BCUT2D eigenvalue weighted by Gasteiger charge is -2.26. The molecule has 10 N–H and O–H groups in total. The molecule has 0 aliphatic rings. The van der Waals surface area contributed by atoms with Crippen LogP contribution in [0.4, 0.5) is 0 Å². The molecule has 0 heterocycles. The number of carboxylic acids is 1. The Balaban J connectivity index is 5.42. The van der Waals surface area contributed by atoms with Crippen molar-refractivity contribution in [1.29, 1.82) is 0 Å². The highest BCUT2D eigenvalue weighted by molar-refractivity contribution is 7.80. The van der Waals surface area contributed by atoms with Crippen LogP contribution in [0.5, 0.6) is 0 Å². The van der Waals surface area contributed by atoms with E-state index in [1.54, 1.807) is 13.8 Å². The summed E-state index contributed by atoms with van der Waals surface area (Å²) >= 11 is 3.86. The third-order valence-electron chi connectivity index (χ3n) is 4.11. The molecule has 0 aromatic heterocycles. The largest absolute Gasteiger partial charge is 0.480 e. The smallest absolute Gasteiger partial charge is 0.327 e. The standard InChI is InChI=1S/C17H30N6O7S/c1-7(2)13(16(28)22-10(6-31)17(29)30)23-15(27)9(3-4-11(19)24)21-14(26)8(18)5-12(20)25/h7-10,13,31H,3-6,18H2,1-2H3,(H2,19,24)(H2,20,25)(H,21,26)(H,22,28)(H,23,27)(H,29,30). The molecule has 14 heteroatoms. The molecule has 0 aliphatic carbocycles. The second-order valence-electron chi connectivity index (χ2n) is 7.16.